The fourth-order valence-corrected chi connectivity index (χ4v) is 3.46. The van der Waals surface area contributed by atoms with Crippen LogP contribution in [0.25, 0.3) is 6.08 Å². The Labute approximate surface area is 144 Å². The van der Waals surface area contributed by atoms with Gasteiger partial charge in [0.1, 0.15) is 5.82 Å². The number of carbonyl (C=O) groups is 1. The van der Waals surface area contributed by atoms with Gasteiger partial charge in [0.15, 0.2) is 0 Å². The number of hydrogen-bond donors (Lipinski definition) is 1. The molecule has 126 valence electrons. The van der Waals surface area contributed by atoms with Gasteiger partial charge in [-0.2, -0.15) is 0 Å². The molecular weight excluding hydrogens is 327 g/mol. The molecule has 1 saturated heterocycles. The largest absolute Gasteiger partial charge is 0.388 e. The first-order valence-corrected chi connectivity index (χ1v) is 8.86. The highest BCUT2D eigenvalue weighted by atomic mass is 32.1. The first-order chi connectivity index (χ1) is 11.6. The van der Waals surface area contributed by atoms with Gasteiger partial charge in [0.2, 0.25) is 5.91 Å². The van der Waals surface area contributed by atoms with Gasteiger partial charge < -0.3 is 10.0 Å². The maximum Gasteiger partial charge on any atom is 0.246 e. The summed E-state index contributed by atoms with van der Waals surface area (Å²) in [7, 11) is 0. The second-order valence-electron chi connectivity index (χ2n) is 5.91. The number of amides is 1. The Morgan fingerprint density at radius 2 is 2.04 bits per heavy atom. The predicted molar refractivity (Wildman–Crippen MR) is 91.8 cm³/mol. The van der Waals surface area contributed by atoms with E-state index in [1.54, 1.807) is 34.7 Å². The number of likely N-dealkylation sites (tertiary alicyclic amines) is 1. The molecule has 1 unspecified atom stereocenters. The molecule has 0 spiro atoms. The number of aliphatic hydroxyl groups is 1. The van der Waals surface area contributed by atoms with Crippen LogP contribution in [0, 0.1) is 11.7 Å². The molecule has 4 nitrogen and oxygen atoms in total. The quantitative estimate of drug-likeness (QED) is 0.865. The molecule has 3 rings (SSSR count). The first-order valence-electron chi connectivity index (χ1n) is 7.92. The smallest absolute Gasteiger partial charge is 0.246 e. The lowest BCUT2D eigenvalue weighted by Crippen LogP contribution is -2.38. The topological polar surface area (TPSA) is 53.4 Å². The molecule has 1 amide bonds. The van der Waals surface area contributed by atoms with Gasteiger partial charge in [-0.25, -0.2) is 9.37 Å². The lowest BCUT2D eigenvalue weighted by Gasteiger charge is -2.33. The Balaban J connectivity index is 1.53. The van der Waals surface area contributed by atoms with Gasteiger partial charge in [0, 0.05) is 24.5 Å². The molecule has 0 radical (unpaired) electrons. The highest BCUT2D eigenvalue weighted by molar-refractivity contribution is 7.07. The van der Waals surface area contributed by atoms with Crippen molar-refractivity contribution in [3.63, 3.8) is 0 Å². The average Bonchev–Trinajstić information content (AvgIpc) is 3.13. The number of benzene rings is 1. The molecule has 2 heterocycles. The van der Waals surface area contributed by atoms with E-state index in [0.29, 0.717) is 13.1 Å². The Morgan fingerprint density at radius 3 is 2.67 bits per heavy atom. The Morgan fingerprint density at radius 1 is 1.33 bits per heavy atom. The molecule has 0 bridgehead atoms. The van der Waals surface area contributed by atoms with Crippen molar-refractivity contribution in [2.24, 2.45) is 5.92 Å². The van der Waals surface area contributed by atoms with Crippen LogP contribution < -0.4 is 0 Å². The molecule has 1 N–H and O–H groups in total. The molecule has 1 aromatic carbocycles. The molecule has 6 heteroatoms. The van der Waals surface area contributed by atoms with Gasteiger partial charge in [-0.1, -0.05) is 12.1 Å². The van der Waals surface area contributed by atoms with Crippen molar-refractivity contribution in [2.75, 3.05) is 13.1 Å². The fraction of sp³-hybridized carbons (Fsp3) is 0.333. The lowest BCUT2D eigenvalue weighted by molar-refractivity contribution is -0.127. The molecule has 1 atom stereocenters. The molecule has 1 aliphatic heterocycles. The van der Waals surface area contributed by atoms with Crippen LogP contribution in [-0.2, 0) is 4.79 Å². The average molecular weight is 346 g/mol. The van der Waals surface area contributed by atoms with Crippen molar-refractivity contribution >= 4 is 23.3 Å². The van der Waals surface area contributed by atoms with E-state index in [1.165, 1.54) is 23.5 Å². The van der Waals surface area contributed by atoms with Gasteiger partial charge in [-0.3, -0.25) is 4.79 Å². The number of nitrogens with zero attached hydrogens (tertiary/aromatic N) is 2. The Kier molecular flexibility index (Phi) is 5.37. The van der Waals surface area contributed by atoms with E-state index in [1.807, 2.05) is 5.38 Å². The molecule has 1 fully saturated rings. The van der Waals surface area contributed by atoms with E-state index < -0.39 is 6.10 Å². The molecule has 0 saturated carbocycles. The van der Waals surface area contributed by atoms with Crippen molar-refractivity contribution in [1.29, 1.82) is 0 Å². The number of thiazole rings is 1. The zero-order chi connectivity index (χ0) is 16.9. The van der Waals surface area contributed by atoms with Crippen molar-refractivity contribution in [3.05, 3.63) is 58.3 Å². The molecule has 1 aromatic heterocycles. The summed E-state index contributed by atoms with van der Waals surface area (Å²) in [5, 5.41) is 12.3. The maximum absolute atomic E-state index is 13.0. The fourth-order valence-electron chi connectivity index (χ4n) is 2.93. The van der Waals surface area contributed by atoms with E-state index in [4.69, 9.17) is 0 Å². The number of aromatic nitrogens is 1. The number of carbonyl (C=O) groups excluding carboxylic acids is 1. The third-order valence-electron chi connectivity index (χ3n) is 4.36. The second kappa shape index (κ2) is 7.68. The van der Waals surface area contributed by atoms with Crippen molar-refractivity contribution in [1.82, 2.24) is 9.88 Å². The maximum atomic E-state index is 13.0. The summed E-state index contributed by atoms with van der Waals surface area (Å²) in [5.74, 6) is -0.252. The summed E-state index contributed by atoms with van der Waals surface area (Å²) >= 11 is 1.49. The van der Waals surface area contributed by atoms with Crippen molar-refractivity contribution in [3.8, 4) is 0 Å². The normalized spacial score (nSPS) is 17.3. The van der Waals surface area contributed by atoms with E-state index in [-0.39, 0.29) is 17.6 Å². The molecule has 0 aliphatic carbocycles. The van der Waals surface area contributed by atoms with Gasteiger partial charge in [-0.15, -0.1) is 11.3 Å². The molecule has 2 aromatic rings. The number of aliphatic hydroxyl groups excluding tert-OH is 1. The minimum Gasteiger partial charge on any atom is -0.388 e. The zero-order valence-corrected chi connectivity index (χ0v) is 14.0. The van der Waals surface area contributed by atoms with E-state index in [2.05, 4.69) is 4.98 Å². The van der Waals surface area contributed by atoms with Crippen LogP contribution in [-0.4, -0.2) is 34.0 Å². The Hall–Kier alpha value is -2.05. The highest BCUT2D eigenvalue weighted by Crippen LogP contribution is 2.30. The molecule has 24 heavy (non-hydrogen) atoms. The minimum atomic E-state index is -0.617. The van der Waals surface area contributed by atoms with E-state index in [9.17, 15) is 14.3 Å². The van der Waals surface area contributed by atoms with E-state index in [0.717, 1.165) is 24.1 Å². The number of rotatable bonds is 4. The zero-order valence-electron chi connectivity index (χ0n) is 13.1. The van der Waals surface area contributed by atoms with Crippen LogP contribution >= 0.6 is 11.3 Å². The second-order valence-corrected chi connectivity index (χ2v) is 6.62. The highest BCUT2D eigenvalue weighted by Gasteiger charge is 2.27. The predicted octanol–water partition coefficient (Wildman–Crippen LogP) is 3.27. The van der Waals surface area contributed by atoms with Gasteiger partial charge in [0.05, 0.1) is 17.3 Å². The number of halogens is 1. The van der Waals surface area contributed by atoms with Gasteiger partial charge in [0.25, 0.3) is 0 Å². The Bertz CT molecular complexity index is 692. The van der Waals surface area contributed by atoms with Crippen LogP contribution in [0.1, 0.15) is 30.2 Å². The van der Waals surface area contributed by atoms with Crippen LogP contribution in [0.3, 0.4) is 0 Å². The lowest BCUT2D eigenvalue weighted by atomic mass is 9.87. The monoisotopic (exact) mass is 346 g/mol. The number of piperidine rings is 1. The summed E-state index contributed by atoms with van der Waals surface area (Å²) < 4.78 is 13.0. The third kappa shape index (κ3) is 4.07. The molecular formula is C18H19FN2O2S. The van der Waals surface area contributed by atoms with Crippen LogP contribution in [0.4, 0.5) is 4.39 Å². The van der Waals surface area contributed by atoms with Gasteiger partial charge >= 0.3 is 0 Å². The van der Waals surface area contributed by atoms with Crippen LogP contribution in [0.2, 0.25) is 0 Å². The van der Waals surface area contributed by atoms with Gasteiger partial charge in [-0.05, 0) is 42.5 Å². The summed E-state index contributed by atoms with van der Waals surface area (Å²) in [4.78, 5) is 18.1. The van der Waals surface area contributed by atoms with Crippen molar-refractivity contribution < 1.29 is 14.3 Å². The van der Waals surface area contributed by atoms with Crippen LogP contribution in [0.5, 0.6) is 0 Å². The standard InChI is InChI=1S/C18H19FN2O2S/c19-15-3-1-13(2-4-15)18(23)14-7-9-21(10-8-14)17(22)6-5-16-11-24-12-20-16/h1-6,11-12,14,18,23H,7-10H2. The summed E-state index contributed by atoms with van der Waals surface area (Å²) in [5.41, 5.74) is 3.24. The summed E-state index contributed by atoms with van der Waals surface area (Å²) in [6, 6.07) is 5.96. The SMILES string of the molecule is O=C(C=Cc1cscn1)N1CCC(C(O)c2ccc(F)cc2)CC1. The summed E-state index contributed by atoms with van der Waals surface area (Å²) in [6.45, 7) is 1.23. The minimum absolute atomic E-state index is 0.0299. The van der Waals surface area contributed by atoms with Crippen LogP contribution in [0.15, 0.2) is 41.2 Å². The summed E-state index contributed by atoms with van der Waals surface area (Å²) in [6.07, 6.45) is 4.11. The first kappa shape index (κ1) is 16.8. The van der Waals surface area contributed by atoms with Crippen molar-refractivity contribution in [2.45, 2.75) is 18.9 Å². The van der Waals surface area contributed by atoms with E-state index >= 15 is 0 Å². The number of hydrogen-bond acceptors (Lipinski definition) is 4. The third-order valence-corrected chi connectivity index (χ3v) is 4.96. The molecule has 1 aliphatic rings.